The van der Waals surface area contributed by atoms with Crippen LogP contribution >= 0.6 is 0 Å². The molecule has 0 saturated carbocycles. The average molecular weight is 364 g/mol. The Morgan fingerprint density at radius 2 is 1.96 bits per heavy atom. The van der Waals surface area contributed by atoms with E-state index in [0.29, 0.717) is 18.9 Å². The van der Waals surface area contributed by atoms with Crippen LogP contribution in [0.1, 0.15) is 48.4 Å². The van der Waals surface area contributed by atoms with E-state index in [2.05, 4.69) is 47.5 Å². The van der Waals surface area contributed by atoms with Gasteiger partial charge in [0, 0.05) is 24.6 Å². The Morgan fingerprint density at radius 3 is 2.74 bits per heavy atom. The van der Waals surface area contributed by atoms with Gasteiger partial charge in [0.1, 0.15) is 6.61 Å². The highest BCUT2D eigenvalue weighted by Crippen LogP contribution is 2.23. The van der Waals surface area contributed by atoms with Gasteiger partial charge in [-0.25, -0.2) is 5.84 Å². The first-order valence-electron chi connectivity index (χ1n) is 9.51. The van der Waals surface area contributed by atoms with Gasteiger partial charge in [-0.2, -0.15) is 5.10 Å². The van der Waals surface area contributed by atoms with Crippen LogP contribution in [0.15, 0.2) is 52.7 Å². The normalized spacial score (nSPS) is 15.6. The third-order valence-corrected chi connectivity index (χ3v) is 4.92. The van der Waals surface area contributed by atoms with Crippen LogP contribution < -0.4 is 10.9 Å². The van der Waals surface area contributed by atoms with Crippen molar-refractivity contribution in [1.29, 1.82) is 0 Å². The second-order valence-electron chi connectivity index (χ2n) is 6.88. The van der Waals surface area contributed by atoms with E-state index >= 15 is 0 Å². The van der Waals surface area contributed by atoms with Gasteiger partial charge in [0.15, 0.2) is 0 Å². The van der Waals surface area contributed by atoms with E-state index in [0.717, 1.165) is 41.8 Å². The van der Waals surface area contributed by atoms with E-state index in [1.165, 1.54) is 11.1 Å². The molecule has 1 aliphatic rings. The molecule has 0 spiro atoms. The van der Waals surface area contributed by atoms with Crippen molar-refractivity contribution in [3.05, 3.63) is 64.7 Å². The standard InChI is InChI=1S/C22H28N4O/c1-4-22(27-15-19-16(2)9-7-14-21(19)26(3)23)25-24-20-13-8-11-17-10-5-6-12-18(17)20/h5-7,9-10,12,14H,4,8,11,13,15,23H2,1-3H3. The van der Waals surface area contributed by atoms with Crippen molar-refractivity contribution in [1.82, 2.24) is 0 Å². The van der Waals surface area contributed by atoms with Crippen LogP contribution in [-0.4, -0.2) is 18.7 Å². The Kier molecular flexibility index (Phi) is 6.24. The van der Waals surface area contributed by atoms with Gasteiger partial charge in [-0.1, -0.05) is 43.3 Å². The Balaban J connectivity index is 1.78. The van der Waals surface area contributed by atoms with E-state index in [1.54, 1.807) is 5.01 Å². The molecule has 0 fully saturated rings. The molecule has 0 aromatic heterocycles. The van der Waals surface area contributed by atoms with E-state index in [-0.39, 0.29) is 0 Å². The second kappa shape index (κ2) is 8.82. The Morgan fingerprint density at radius 1 is 1.15 bits per heavy atom. The molecular weight excluding hydrogens is 336 g/mol. The summed E-state index contributed by atoms with van der Waals surface area (Å²) in [5.41, 5.74) is 6.79. The molecule has 0 aliphatic heterocycles. The van der Waals surface area contributed by atoms with Gasteiger partial charge in [-0.05, 0) is 43.4 Å². The fourth-order valence-electron chi connectivity index (χ4n) is 3.38. The highest BCUT2D eigenvalue weighted by Gasteiger charge is 2.15. The number of nitrogens with zero attached hydrogens (tertiary/aromatic N) is 3. The molecule has 0 radical (unpaired) electrons. The molecule has 0 atom stereocenters. The molecule has 1 aliphatic carbocycles. The zero-order chi connectivity index (χ0) is 19.2. The summed E-state index contributed by atoms with van der Waals surface area (Å²) in [4.78, 5) is 0. The lowest BCUT2D eigenvalue weighted by Crippen LogP contribution is -2.26. The number of ether oxygens (including phenoxy) is 1. The average Bonchev–Trinajstić information content (AvgIpc) is 2.68. The first kappa shape index (κ1) is 19.1. The summed E-state index contributed by atoms with van der Waals surface area (Å²) in [5, 5.41) is 10.6. The molecule has 2 aromatic carbocycles. The monoisotopic (exact) mass is 364 g/mol. The van der Waals surface area contributed by atoms with E-state index < -0.39 is 0 Å². The van der Waals surface area contributed by atoms with Gasteiger partial charge in [-0.3, -0.25) is 0 Å². The van der Waals surface area contributed by atoms with Gasteiger partial charge in [-0.15, -0.1) is 5.10 Å². The van der Waals surface area contributed by atoms with Gasteiger partial charge in [0.2, 0.25) is 5.90 Å². The van der Waals surface area contributed by atoms with Crippen molar-refractivity contribution in [2.45, 2.75) is 46.1 Å². The van der Waals surface area contributed by atoms with Crippen molar-refractivity contribution in [3.63, 3.8) is 0 Å². The SMILES string of the molecule is CCC(=NN=C1CCCc2ccccc21)OCc1c(C)cccc1N(C)N. The first-order chi connectivity index (χ1) is 13.1. The summed E-state index contributed by atoms with van der Waals surface area (Å²) in [6, 6.07) is 14.5. The van der Waals surface area contributed by atoms with E-state index in [4.69, 9.17) is 10.6 Å². The molecule has 0 amide bonds. The van der Waals surface area contributed by atoms with Crippen LogP contribution in [0, 0.1) is 6.92 Å². The summed E-state index contributed by atoms with van der Waals surface area (Å²) in [5.74, 6) is 6.59. The van der Waals surface area contributed by atoms with Gasteiger partial charge < -0.3 is 9.75 Å². The Bertz CT molecular complexity index is 855. The smallest absolute Gasteiger partial charge is 0.208 e. The molecular formula is C22H28N4O. The van der Waals surface area contributed by atoms with Crippen LogP contribution in [0.2, 0.25) is 0 Å². The zero-order valence-corrected chi connectivity index (χ0v) is 16.4. The molecule has 0 unspecified atom stereocenters. The molecule has 0 saturated heterocycles. The third-order valence-electron chi connectivity index (χ3n) is 4.92. The van der Waals surface area contributed by atoms with Gasteiger partial charge >= 0.3 is 0 Å². The van der Waals surface area contributed by atoms with Gasteiger partial charge in [0.25, 0.3) is 0 Å². The molecule has 3 rings (SSSR count). The maximum atomic E-state index is 5.99. The predicted octanol–water partition coefficient (Wildman–Crippen LogP) is 4.37. The predicted molar refractivity (Wildman–Crippen MR) is 112 cm³/mol. The fraction of sp³-hybridized carbons (Fsp3) is 0.364. The molecule has 5 heteroatoms. The minimum absolute atomic E-state index is 0.428. The molecule has 27 heavy (non-hydrogen) atoms. The minimum Gasteiger partial charge on any atom is -0.475 e. The van der Waals surface area contributed by atoms with Crippen molar-refractivity contribution in [2.75, 3.05) is 12.1 Å². The summed E-state index contributed by atoms with van der Waals surface area (Å²) in [7, 11) is 1.83. The number of hydrogen-bond donors (Lipinski definition) is 1. The number of aryl methyl sites for hydroxylation is 2. The van der Waals surface area contributed by atoms with Crippen molar-refractivity contribution >= 4 is 17.3 Å². The number of anilines is 1. The first-order valence-corrected chi connectivity index (χ1v) is 9.51. The van der Waals surface area contributed by atoms with Crippen molar-refractivity contribution in [2.24, 2.45) is 16.0 Å². The lowest BCUT2D eigenvalue weighted by Gasteiger charge is -2.19. The third kappa shape index (κ3) is 4.55. The number of hydrazine groups is 1. The topological polar surface area (TPSA) is 63.2 Å². The summed E-state index contributed by atoms with van der Waals surface area (Å²) in [6.07, 6.45) is 3.87. The van der Waals surface area contributed by atoms with E-state index in [9.17, 15) is 0 Å². The highest BCUT2D eigenvalue weighted by atomic mass is 16.5. The molecule has 142 valence electrons. The van der Waals surface area contributed by atoms with Crippen LogP contribution in [0.4, 0.5) is 5.69 Å². The summed E-state index contributed by atoms with van der Waals surface area (Å²) < 4.78 is 5.99. The minimum atomic E-state index is 0.428. The quantitative estimate of drug-likeness (QED) is 0.371. The molecule has 5 nitrogen and oxygen atoms in total. The highest BCUT2D eigenvalue weighted by molar-refractivity contribution is 6.02. The maximum absolute atomic E-state index is 5.99. The molecule has 2 aromatic rings. The van der Waals surface area contributed by atoms with Crippen molar-refractivity contribution < 1.29 is 4.74 Å². The number of rotatable bonds is 5. The Labute approximate surface area is 161 Å². The van der Waals surface area contributed by atoms with Crippen LogP contribution in [0.5, 0.6) is 0 Å². The van der Waals surface area contributed by atoms with Crippen LogP contribution in [0.3, 0.4) is 0 Å². The zero-order valence-electron chi connectivity index (χ0n) is 16.4. The fourth-order valence-corrected chi connectivity index (χ4v) is 3.38. The largest absolute Gasteiger partial charge is 0.475 e. The number of nitrogens with two attached hydrogens (primary N) is 1. The molecule has 0 heterocycles. The number of benzene rings is 2. The number of fused-ring (bicyclic) bond motifs is 1. The van der Waals surface area contributed by atoms with Crippen LogP contribution in [0.25, 0.3) is 0 Å². The van der Waals surface area contributed by atoms with Crippen LogP contribution in [-0.2, 0) is 17.8 Å². The number of hydrogen-bond acceptors (Lipinski definition) is 5. The summed E-state index contributed by atoms with van der Waals surface area (Å²) in [6.45, 7) is 4.52. The Hall–Kier alpha value is -2.66. The molecule has 2 N–H and O–H groups in total. The molecule has 0 bridgehead atoms. The van der Waals surface area contributed by atoms with Gasteiger partial charge in [0.05, 0.1) is 11.4 Å². The van der Waals surface area contributed by atoms with E-state index in [1.807, 2.05) is 26.1 Å². The second-order valence-corrected chi connectivity index (χ2v) is 6.88. The maximum Gasteiger partial charge on any atom is 0.208 e. The van der Waals surface area contributed by atoms with Crippen molar-refractivity contribution in [3.8, 4) is 0 Å². The lowest BCUT2D eigenvalue weighted by molar-refractivity contribution is 0.283. The lowest BCUT2D eigenvalue weighted by atomic mass is 9.90. The summed E-state index contributed by atoms with van der Waals surface area (Å²) >= 11 is 0.